The molecule has 0 saturated carbocycles. The second-order valence-corrected chi connectivity index (χ2v) is 8.56. The van der Waals surface area contributed by atoms with E-state index in [9.17, 15) is 4.79 Å². The van der Waals surface area contributed by atoms with Gasteiger partial charge in [0.1, 0.15) is 12.2 Å². The molecule has 0 N–H and O–H groups in total. The molecule has 3 aromatic rings. The van der Waals surface area contributed by atoms with Crippen molar-refractivity contribution in [3.63, 3.8) is 0 Å². The Morgan fingerprint density at radius 3 is 2.81 bits per heavy atom. The molecule has 1 amide bonds. The third-order valence-electron chi connectivity index (χ3n) is 6.59. The van der Waals surface area contributed by atoms with E-state index in [-0.39, 0.29) is 11.8 Å². The van der Waals surface area contributed by atoms with Gasteiger partial charge in [0.15, 0.2) is 17.0 Å². The predicted octanol–water partition coefficient (Wildman–Crippen LogP) is 3.82. The van der Waals surface area contributed by atoms with Gasteiger partial charge in [-0.3, -0.25) is 4.79 Å². The smallest absolute Gasteiger partial charge is 0.231 e. The summed E-state index contributed by atoms with van der Waals surface area (Å²) in [6, 6.07) is 9.97. The number of amides is 1. The van der Waals surface area contributed by atoms with Gasteiger partial charge in [-0.2, -0.15) is 0 Å². The van der Waals surface area contributed by atoms with Crippen LogP contribution in [0.5, 0.6) is 0 Å². The molecule has 1 saturated heterocycles. The SMILES string of the molecule is CCN(C(=O)[C@H]1CCCN(c2ncnc3c2nc2n3CCCCC2)C1)c1ccccc1. The van der Waals surface area contributed by atoms with Gasteiger partial charge in [-0.25, -0.2) is 15.0 Å². The van der Waals surface area contributed by atoms with Gasteiger partial charge < -0.3 is 14.4 Å². The molecule has 0 spiro atoms. The van der Waals surface area contributed by atoms with Gasteiger partial charge in [-0.15, -0.1) is 0 Å². The fourth-order valence-corrected chi connectivity index (χ4v) is 5.02. The molecule has 1 atom stereocenters. The van der Waals surface area contributed by atoms with E-state index in [2.05, 4.69) is 19.4 Å². The Balaban J connectivity index is 1.42. The summed E-state index contributed by atoms with van der Waals surface area (Å²) >= 11 is 0. The third kappa shape index (κ3) is 3.77. The van der Waals surface area contributed by atoms with Crippen LogP contribution in [-0.4, -0.2) is 45.1 Å². The number of imidazole rings is 1. The number of anilines is 2. The highest BCUT2D eigenvalue weighted by molar-refractivity contribution is 5.95. The van der Waals surface area contributed by atoms with Crippen molar-refractivity contribution in [3.8, 4) is 0 Å². The first kappa shape index (κ1) is 20.0. The van der Waals surface area contributed by atoms with E-state index in [0.717, 1.165) is 60.8 Å². The standard InChI is InChI=1S/C24H30N6O/c1-2-29(19-11-5-3-6-12-19)24(31)18-10-9-14-28(16-18)22-21-23(26-17-25-22)30-15-8-4-7-13-20(30)27-21/h3,5-6,11-12,17-18H,2,4,7-10,13-16H2,1H3/t18-/m0/s1. The molecule has 31 heavy (non-hydrogen) atoms. The number of piperidine rings is 1. The first-order valence-corrected chi connectivity index (χ1v) is 11.6. The topological polar surface area (TPSA) is 67.2 Å². The Labute approximate surface area is 183 Å². The van der Waals surface area contributed by atoms with Gasteiger partial charge in [0, 0.05) is 38.3 Å². The van der Waals surface area contributed by atoms with E-state index in [1.165, 1.54) is 19.3 Å². The second kappa shape index (κ2) is 8.65. The van der Waals surface area contributed by atoms with Gasteiger partial charge in [0.05, 0.1) is 5.92 Å². The van der Waals surface area contributed by atoms with Crippen molar-refractivity contribution in [2.24, 2.45) is 5.92 Å². The van der Waals surface area contributed by atoms with Crippen LogP contribution >= 0.6 is 0 Å². The molecule has 5 rings (SSSR count). The largest absolute Gasteiger partial charge is 0.354 e. The minimum Gasteiger partial charge on any atom is -0.354 e. The molecular formula is C24H30N6O. The minimum atomic E-state index is -0.0423. The van der Waals surface area contributed by atoms with E-state index in [1.54, 1.807) is 6.33 Å². The number of hydrogen-bond donors (Lipinski definition) is 0. The zero-order valence-corrected chi connectivity index (χ0v) is 18.2. The Morgan fingerprint density at radius 2 is 1.97 bits per heavy atom. The molecule has 7 heteroatoms. The van der Waals surface area contributed by atoms with Crippen molar-refractivity contribution in [2.45, 2.75) is 52.0 Å². The zero-order chi connectivity index (χ0) is 21.2. The van der Waals surface area contributed by atoms with Crippen molar-refractivity contribution < 1.29 is 4.79 Å². The van der Waals surface area contributed by atoms with Crippen LogP contribution in [-0.2, 0) is 17.8 Å². The number of aromatic nitrogens is 4. The van der Waals surface area contributed by atoms with Crippen molar-refractivity contribution in [1.29, 1.82) is 0 Å². The molecule has 2 aromatic heterocycles. The summed E-state index contributed by atoms with van der Waals surface area (Å²) < 4.78 is 2.27. The molecule has 4 heterocycles. The van der Waals surface area contributed by atoms with Gasteiger partial charge in [-0.1, -0.05) is 24.6 Å². The van der Waals surface area contributed by atoms with Crippen LogP contribution in [0.15, 0.2) is 36.7 Å². The van der Waals surface area contributed by atoms with Crippen molar-refractivity contribution in [1.82, 2.24) is 19.5 Å². The molecule has 2 aliphatic heterocycles. The molecule has 1 fully saturated rings. The summed E-state index contributed by atoms with van der Waals surface area (Å²) in [5.74, 6) is 2.16. The quantitative estimate of drug-likeness (QED) is 0.644. The Morgan fingerprint density at radius 1 is 1.10 bits per heavy atom. The minimum absolute atomic E-state index is 0.0423. The highest BCUT2D eigenvalue weighted by Crippen LogP contribution is 2.30. The Hall–Kier alpha value is -2.96. The van der Waals surface area contributed by atoms with Gasteiger partial charge in [-0.05, 0) is 44.7 Å². The summed E-state index contributed by atoms with van der Waals surface area (Å²) in [5, 5.41) is 0. The van der Waals surface area contributed by atoms with Crippen LogP contribution < -0.4 is 9.80 Å². The van der Waals surface area contributed by atoms with Crippen LogP contribution in [0.1, 0.15) is 44.9 Å². The number of hydrogen-bond acceptors (Lipinski definition) is 5. The molecule has 0 radical (unpaired) electrons. The molecule has 1 aromatic carbocycles. The fraction of sp³-hybridized carbons (Fsp3) is 0.500. The third-order valence-corrected chi connectivity index (χ3v) is 6.59. The average molecular weight is 419 g/mol. The number of rotatable bonds is 4. The lowest BCUT2D eigenvalue weighted by atomic mass is 9.96. The monoisotopic (exact) mass is 418 g/mol. The summed E-state index contributed by atoms with van der Waals surface area (Å²) in [6.07, 6.45) is 8.14. The maximum atomic E-state index is 13.4. The normalized spacial score (nSPS) is 19.1. The fourth-order valence-electron chi connectivity index (χ4n) is 5.02. The molecule has 7 nitrogen and oxygen atoms in total. The molecule has 0 aliphatic carbocycles. The lowest BCUT2D eigenvalue weighted by Crippen LogP contribution is -2.45. The van der Waals surface area contributed by atoms with Crippen LogP contribution in [0.2, 0.25) is 0 Å². The maximum absolute atomic E-state index is 13.4. The van der Waals surface area contributed by atoms with Crippen molar-refractivity contribution in [2.75, 3.05) is 29.4 Å². The second-order valence-electron chi connectivity index (χ2n) is 8.56. The number of nitrogens with zero attached hydrogens (tertiary/aromatic N) is 6. The first-order chi connectivity index (χ1) is 15.3. The average Bonchev–Trinajstić information content (AvgIpc) is 3.01. The van der Waals surface area contributed by atoms with Gasteiger partial charge in [0.25, 0.3) is 0 Å². The van der Waals surface area contributed by atoms with Gasteiger partial charge in [0.2, 0.25) is 5.91 Å². The van der Waals surface area contributed by atoms with Crippen molar-refractivity contribution >= 4 is 28.6 Å². The number of para-hydroxylation sites is 1. The van der Waals surface area contributed by atoms with Crippen LogP contribution in [0.25, 0.3) is 11.2 Å². The van der Waals surface area contributed by atoms with Gasteiger partial charge >= 0.3 is 0 Å². The maximum Gasteiger partial charge on any atom is 0.231 e. The lowest BCUT2D eigenvalue weighted by Gasteiger charge is -2.35. The molecule has 2 aliphatic rings. The first-order valence-electron chi connectivity index (χ1n) is 11.6. The Kier molecular flexibility index (Phi) is 5.57. The van der Waals surface area contributed by atoms with Crippen LogP contribution in [0.3, 0.4) is 0 Å². The molecule has 0 unspecified atom stereocenters. The number of fused-ring (bicyclic) bond motifs is 3. The number of carbonyl (C=O) groups excluding carboxylic acids is 1. The van der Waals surface area contributed by atoms with E-state index in [0.29, 0.717) is 13.1 Å². The molecular weight excluding hydrogens is 388 g/mol. The summed E-state index contributed by atoms with van der Waals surface area (Å²) in [5.41, 5.74) is 2.80. The summed E-state index contributed by atoms with van der Waals surface area (Å²) in [6.45, 7) is 5.26. The van der Waals surface area contributed by atoms with E-state index in [1.807, 2.05) is 42.2 Å². The van der Waals surface area contributed by atoms with E-state index >= 15 is 0 Å². The highest BCUT2D eigenvalue weighted by atomic mass is 16.2. The molecule has 162 valence electrons. The number of carbonyl (C=O) groups is 1. The number of benzene rings is 1. The van der Waals surface area contributed by atoms with Crippen LogP contribution in [0.4, 0.5) is 11.5 Å². The Bertz CT molecular complexity index is 1060. The summed E-state index contributed by atoms with van der Waals surface area (Å²) in [4.78, 5) is 31.7. The number of aryl methyl sites for hydroxylation is 2. The lowest BCUT2D eigenvalue weighted by molar-refractivity contribution is -0.122. The van der Waals surface area contributed by atoms with E-state index < -0.39 is 0 Å². The summed E-state index contributed by atoms with van der Waals surface area (Å²) in [7, 11) is 0. The van der Waals surface area contributed by atoms with Crippen LogP contribution in [0, 0.1) is 5.92 Å². The van der Waals surface area contributed by atoms with Crippen molar-refractivity contribution in [3.05, 3.63) is 42.5 Å². The zero-order valence-electron chi connectivity index (χ0n) is 18.2. The van der Waals surface area contributed by atoms with E-state index in [4.69, 9.17) is 4.98 Å². The predicted molar refractivity (Wildman–Crippen MR) is 122 cm³/mol. The molecule has 0 bridgehead atoms. The highest BCUT2D eigenvalue weighted by Gasteiger charge is 2.31.